The number of amides is 1. The molecule has 2 rings (SSSR count). The van der Waals surface area contributed by atoms with Crippen LogP contribution in [0.2, 0.25) is 0 Å². The number of ether oxygens (including phenoxy) is 3. The minimum atomic E-state index is -2.94. The van der Waals surface area contributed by atoms with Crippen LogP contribution in [0, 0.1) is 0 Å². The van der Waals surface area contributed by atoms with Gasteiger partial charge < -0.3 is 24.4 Å². The molecule has 168 valence electrons. The highest BCUT2D eigenvalue weighted by Crippen LogP contribution is 2.28. The summed E-state index contributed by atoms with van der Waals surface area (Å²) >= 11 is 0. The van der Waals surface area contributed by atoms with Gasteiger partial charge in [0.2, 0.25) is 0 Å². The number of carbonyl (C=O) groups is 1. The van der Waals surface area contributed by atoms with Gasteiger partial charge in [-0.25, -0.2) is 0 Å². The van der Waals surface area contributed by atoms with E-state index in [0.29, 0.717) is 43.2 Å². The number of alkyl halides is 2. The fourth-order valence-corrected chi connectivity index (χ4v) is 2.63. The number of hydrogen-bond acceptors (Lipinski definition) is 6. The highest BCUT2D eigenvalue weighted by atomic mass is 19.3. The number of benzene rings is 2. The van der Waals surface area contributed by atoms with Gasteiger partial charge in [0.05, 0.1) is 19.4 Å². The van der Waals surface area contributed by atoms with Gasteiger partial charge in [-0.1, -0.05) is 23.4 Å². The van der Waals surface area contributed by atoms with Gasteiger partial charge in [-0.05, 0) is 50.1 Å². The van der Waals surface area contributed by atoms with E-state index in [2.05, 4.69) is 15.2 Å². The normalized spacial score (nSPS) is 10.9. The highest BCUT2D eigenvalue weighted by molar-refractivity contribution is 5.83. The lowest BCUT2D eigenvalue weighted by Crippen LogP contribution is -2.28. The smallest absolute Gasteiger partial charge is 0.387 e. The van der Waals surface area contributed by atoms with Gasteiger partial charge in [-0.3, -0.25) is 4.79 Å². The zero-order valence-corrected chi connectivity index (χ0v) is 17.5. The van der Waals surface area contributed by atoms with Crippen LogP contribution >= 0.6 is 0 Å². The minimum absolute atomic E-state index is 0.0314. The summed E-state index contributed by atoms with van der Waals surface area (Å²) in [6.07, 6.45) is 1.81. The quantitative estimate of drug-likeness (QED) is 0.382. The van der Waals surface area contributed by atoms with E-state index in [9.17, 15) is 13.6 Å². The Kier molecular flexibility index (Phi) is 10.1. The van der Waals surface area contributed by atoms with Crippen molar-refractivity contribution in [1.29, 1.82) is 0 Å². The molecule has 0 saturated heterocycles. The van der Waals surface area contributed by atoms with Crippen LogP contribution in [0.1, 0.15) is 25.0 Å². The Morgan fingerprint density at radius 3 is 2.55 bits per heavy atom. The number of nitrogens with zero attached hydrogens (tertiary/aromatic N) is 1. The first kappa shape index (κ1) is 23.9. The fourth-order valence-electron chi connectivity index (χ4n) is 2.63. The number of halogens is 2. The Balaban J connectivity index is 1.77. The maximum Gasteiger partial charge on any atom is 0.387 e. The summed E-state index contributed by atoms with van der Waals surface area (Å²) in [5.41, 5.74) is 1.30. The molecule has 0 aliphatic rings. The number of para-hydroxylation sites is 1. The average molecular weight is 436 g/mol. The molecule has 0 radical (unpaired) electrons. The summed E-state index contributed by atoms with van der Waals surface area (Å²) in [5.74, 6) is 0.965. The lowest BCUT2D eigenvalue weighted by Gasteiger charge is -2.12. The van der Waals surface area contributed by atoms with Gasteiger partial charge in [0.1, 0.15) is 5.75 Å². The number of nitrogens with one attached hydrogen (secondary N) is 1. The molecule has 1 amide bonds. The van der Waals surface area contributed by atoms with Crippen LogP contribution in [0.3, 0.4) is 0 Å². The summed E-state index contributed by atoms with van der Waals surface area (Å²) in [5, 5.41) is 6.36. The molecule has 0 fully saturated rings. The third-order valence-electron chi connectivity index (χ3n) is 3.94. The van der Waals surface area contributed by atoms with E-state index in [1.165, 1.54) is 18.3 Å². The molecule has 0 aliphatic heterocycles. The molecule has 0 aliphatic carbocycles. The van der Waals surface area contributed by atoms with Gasteiger partial charge in [0.25, 0.3) is 5.91 Å². The Labute approximate surface area is 179 Å². The van der Waals surface area contributed by atoms with Crippen molar-refractivity contribution in [1.82, 2.24) is 5.32 Å². The Hall–Kier alpha value is -3.36. The van der Waals surface area contributed by atoms with Crippen molar-refractivity contribution in [2.75, 3.05) is 26.4 Å². The summed E-state index contributed by atoms with van der Waals surface area (Å²) in [7, 11) is 0. The first-order valence-electron chi connectivity index (χ1n) is 9.87. The van der Waals surface area contributed by atoms with E-state index < -0.39 is 6.61 Å². The predicted molar refractivity (Wildman–Crippen MR) is 112 cm³/mol. The van der Waals surface area contributed by atoms with Gasteiger partial charge in [0.15, 0.2) is 18.1 Å². The first-order chi connectivity index (χ1) is 15.0. The summed E-state index contributed by atoms with van der Waals surface area (Å²) in [6, 6.07) is 11.8. The standard InChI is InChI=1S/C22H26F2N2O5/c1-3-28-19-10-9-16(13-20(19)29-4-2)11-12-25-21(27)15-30-26-14-17-7-5-6-8-18(17)31-22(23)24/h5-10,13-14,22H,3-4,11-12,15H2,1-2H3,(H,25,27)/b26-14+. The van der Waals surface area contributed by atoms with E-state index >= 15 is 0 Å². The molecule has 31 heavy (non-hydrogen) atoms. The fraction of sp³-hybridized carbons (Fsp3) is 0.364. The Morgan fingerprint density at radius 2 is 1.81 bits per heavy atom. The third-order valence-corrected chi connectivity index (χ3v) is 3.94. The zero-order valence-electron chi connectivity index (χ0n) is 17.5. The zero-order chi connectivity index (χ0) is 22.5. The van der Waals surface area contributed by atoms with E-state index in [-0.39, 0.29) is 18.3 Å². The van der Waals surface area contributed by atoms with Crippen molar-refractivity contribution < 1.29 is 32.6 Å². The Morgan fingerprint density at radius 1 is 1.06 bits per heavy atom. The first-order valence-corrected chi connectivity index (χ1v) is 9.87. The topological polar surface area (TPSA) is 78.4 Å². The van der Waals surface area contributed by atoms with Gasteiger partial charge in [0, 0.05) is 12.1 Å². The summed E-state index contributed by atoms with van der Waals surface area (Å²) < 4.78 is 40.3. The van der Waals surface area contributed by atoms with Gasteiger partial charge in [-0.15, -0.1) is 0 Å². The van der Waals surface area contributed by atoms with E-state index in [0.717, 1.165) is 5.56 Å². The second-order valence-corrected chi connectivity index (χ2v) is 6.17. The molecule has 2 aromatic rings. The molecule has 2 aromatic carbocycles. The van der Waals surface area contributed by atoms with Crippen molar-refractivity contribution in [3.8, 4) is 17.2 Å². The van der Waals surface area contributed by atoms with Gasteiger partial charge >= 0.3 is 6.61 Å². The van der Waals surface area contributed by atoms with Crippen LogP contribution in [0.4, 0.5) is 8.78 Å². The minimum Gasteiger partial charge on any atom is -0.490 e. The van der Waals surface area contributed by atoms with Crippen LogP contribution in [0.15, 0.2) is 47.6 Å². The van der Waals surface area contributed by atoms with Gasteiger partial charge in [-0.2, -0.15) is 8.78 Å². The summed E-state index contributed by atoms with van der Waals surface area (Å²) in [4.78, 5) is 16.8. The third kappa shape index (κ3) is 8.49. The largest absolute Gasteiger partial charge is 0.490 e. The molecule has 0 aromatic heterocycles. The maximum atomic E-state index is 12.4. The molecule has 9 heteroatoms. The maximum absolute atomic E-state index is 12.4. The summed E-state index contributed by atoms with van der Waals surface area (Å²) in [6.45, 7) is 2.02. The highest BCUT2D eigenvalue weighted by Gasteiger charge is 2.09. The molecule has 0 unspecified atom stereocenters. The lowest BCUT2D eigenvalue weighted by atomic mass is 10.1. The van der Waals surface area contributed by atoms with Crippen molar-refractivity contribution in [2.24, 2.45) is 5.16 Å². The average Bonchev–Trinajstić information content (AvgIpc) is 2.74. The number of carbonyl (C=O) groups excluding carboxylic acids is 1. The number of oxime groups is 1. The number of rotatable bonds is 13. The van der Waals surface area contributed by atoms with Crippen LogP contribution in [0.5, 0.6) is 17.2 Å². The Bertz CT molecular complexity index is 862. The second kappa shape index (κ2) is 13.0. The predicted octanol–water partition coefficient (Wildman–Crippen LogP) is 3.79. The molecular formula is C22H26F2N2O5. The molecule has 7 nitrogen and oxygen atoms in total. The molecular weight excluding hydrogens is 410 g/mol. The van der Waals surface area contributed by atoms with E-state index in [4.69, 9.17) is 14.3 Å². The lowest BCUT2D eigenvalue weighted by molar-refractivity contribution is -0.125. The second-order valence-electron chi connectivity index (χ2n) is 6.17. The monoisotopic (exact) mass is 436 g/mol. The molecule has 0 atom stereocenters. The number of hydrogen-bond donors (Lipinski definition) is 1. The van der Waals surface area contributed by atoms with Crippen molar-refractivity contribution in [3.63, 3.8) is 0 Å². The molecule has 0 saturated carbocycles. The van der Waals surface area contributed by atoms with E-state index in [1.54, 1.807) is 12.1 Å². The van der Waals surface area contributed by atoms with Crippen LogP contribution in [-0.2, 0) is 16.1 Å². The van der Waals surface area contributed by atoms with Crippen molar-refractivity contribution in [3.05, 3.63) is 53.6 Å². The van der Waals surface area contributed by atoms with Crippen LogP contribution in [0.25, 0.3) is 0 Å². The SMILES string of the molecule is CCOc1ccc(CCNC(=O)CO/N=C/c2ccccc2OC(F)F)cc1OCC. The van der Waals surface area contributed by atoms with Crippen molar-refractivity contribution >= 4 is 12.1 Å². The van der Waals surface area contributed by atoms with Crippen LogP contribution < -0.4 is 19.5 Å². The van der Waals surface area contributed by atoms with Crippen molar-refractivity contribution in [2.45, 2.75) is 26.9 Å². The molecule has 0 spiro atoms. The van der Waals surface area contributed by atoms with Crippen LogP contribution in [-0.4, -0.2) is 45.1 Å². The van der Waals surface area contributed by atoms with E-state index in [1.807, 2.05) is 32.0 Å². The molecule has 1 N–H and O–H groups in total. The molecule has 0 bridgehead atoms. The molecule has 0 heterocycles.